The van der Waals surface area contributed by atoms with Crippen molar-refractivity contribution in [1.29, 1.82) is 0 Å². The lowest BCUT2D eigenvalue weighted by atomic mass is 10.0. The second-order valence-electron chi connectivity index (χ2n) is 5.84. The molecule has 0 radical (unpaired) electrons. The van der Waals surface area contributed by atoms with Crippen LogP contribution < -0.4 is 0 Å². The summed E-state index contributed by atoms with van der Waals surface area (Å²) in [5, 5.41) is 0. The van der Waals surface area contributed by atoms with Crippen LogP contribution in [0.1, 0.15) is 21.5 Å². The minimum atomic E-state index is 0. The standard InChI is InChI=1S/C17H20NO.ClH/c1-18(2,3)13-14-9-11-16(12-10-14)17(19)15-7-5-4-6-8-15;/h4-12H,13H2,1-3H3;1H/q+1;. The zero-order valence-corrected chi connectivity index (χ0v) is 13.0. The molecule has 0 aliphatic carbocycles. The summed E-state index contributed by atoms with van der Waals surface area (Å²) in [7, 11) is 6.47. The van der Waals surface area contributed by atoms with E-state index >= 15 is 0 Å². The average molecular weight is 291 g/mol. The minimum Gasteiger partial charge on any atom is -0.327 e. The molecule has 2 aromatic carbocycles. The Morgan fingerprint density at radius 1 is 0.850 bits per heavy atom. The Kier molecular flexibility index (Phi) is 5.49. The number of halogens is 1. The maximum atomic E-state index is 12.2. The molecule has 0 atom stereocenters. The number of nitrogens with zero attached hydrogens (tertiary/aromatic N) is 1. The van der Waals surface area contributed by atoms with Crippen molar-refractivity contribution in [2.75, 3.05) is 21.1 Å². The molecule has 0 unspecified atom stereocenters. The van der Waals surface area contributed by atoms with Gasteiger partial charge in [-0.2, -0.15) is 0 Å². The Morgan fingerprint density at radius 2 is 1.35 bits per heavy atom. The van der Waals surface area contributed by atoms with Crippen molar-refractivity contribution in [3.05, 3.63) is 71.3 Å². The van der Waals surface area contributed by atoms with Gasteiger partial charge in [-0.15, -0.1) is 12.4 Å². The zero-order chi connectivity index (χ0) is 13.9. The smallest absolute Gasteiger partial charge is 0.193 e. The first kappa shape index (κ1) is 16.4. The number of carbonyl (C=O) groups is 1. The van der Waals surface area contributed by atoms with Gasteiger partial charge in [0.15, 0.2) is 5.78 Å². The fourth-order valence-electron chi connectivity index (χ4n) is 2.07. The molecule has 0 fully saturated rings. The molecule has 20 heavy (non-hydrogen) atoms. The molecule has 0 spiro atoms. The van der Waals surface area contributed by atoms with E-state index in [1.807, 2.05) is 54.6 Å². The molecule has 2 rings (SSSR count). The van der Waals surface area contributed by atoms with Gasteiger partial charge < -0.3 is 4.48 Å². The molecule has 0 N–H and O–H groups in total. The van der Waals surface area contributed by atoms with Crippen molar-refractivity contribution in [2.24, 2.45) is 0 Å². The Balaban J connectivity index is 0.00000200. The van der Waals surface area contributed by atoms with Gasteiger partial charge >= 0.3 is 0 Å². The molecule has 106 valence electrons. The van der Waals surface area contributed by atoms with Crippen molar-refractivity contribution in [2.45, 2.75) is 6.54 Å². The van der Waals surface area contributed by atoms with E-state index in [9.17, 15) is 4.79 Å². The second kappa shape index (κ2) is 6.69. The summed E-state index contributed by atoms with van der Waals surface area (Å²) in [5.74, 6) is 0.0809. The average Bonchev–Trinajstić information content (AvgIpc) is 2.38. The number of hydrogen-bond acceptors (Lipinski definition) is 1. The fourth-order valence-corrected chi connectivity index (χ4v) is 2.07. The molecule has 0 saturated heterocycles. The van der Waals surface area contributed by atoms with E-state index in [0.717, 1.165) is 22.2 Å². The van der Waals surface area contributed by atoms with E-state index in [0.29, 0.717) is 0 Å². The predicted octanol–water partition coefficient (Wildman–Crippen LogP) is 3.55. The first-order chi connectivity index (χ1) is 8.96. The van der Waals surface area contributed by atoms with E-state index < -0.39 is 0 Å². The number of quaternary nitrogens is 1. The normalized spacial score (nSPS) is 10.8. The van der Waals surface area contributed by atoms with Gasteiger partial charge in [0.1, 0.15) is 6.54 Å². The van der Waals surface area contributed by atoms with Crippen LogP contribution in [0.2, 0.25) is 0 Å². The van der Waals surface area contributed by atoms with Crippen molar-refractivity contribution in [3.8, 4) is 0 Å². The van der Waals surface area contributed by atoms with Crippen LogP contribution in [0.4, 0.5) is 0 Å². The summed E-state index contributed by atoms with van der Waals surface area (Å²) in [4.78, 5) is 12.2. The second-order valence-corrected chi connectivity index (χ2v) is 5.84. The Hall–Kier alpha value is -1.64. The van der Waals surface area contributed by atoms with Gasteiger partial charge in [0, 0.05) is 16.7 Å². The first-order valence-electron chi connectivity index (χ1n) is 6.45. The lowest BCUT2D eigenvalue weighted by Gasteiger charge is -2.23. The molecule has 0 aliphatic rings. The first-order valence-corrected chi connectivity index (χ1v) is 6.45. The van der Waals surface area contributed by atoms with Crippen LogP contribution in [-0.2, 0) is 6.54 Å². The highest BCUT2D eigenvalue weighted by Gasteiger charge is 2.11. The summed E-state index contributed by atoms with van der Waals surface area (Å²) < 4.78 is 0.881. The number of rotatable bonds is 4. The number of benzene rings is 2. The Bertz CT molecular complexity index is 556. The van der Waals surface area contributed by atoms with Gasteiger partial charge in [0.25, 0.3) is 0 Å². The molecular weight excluding hydrogens is 270 g/mol. The van der Waals surface area contributed by atoms with Gasteiger partial charge in [-0.3, -0.25) is 4.79 Å². The maximum absolute atomic E-state index is 12.2. The van der Waals surface area contributed by atoms with Gasteiger partial charge in [-0.1, -0.05) is 54.6 Å². The zero-order valence-electron chi connectivity index (χ0n) is 12.2. The van der Waals surface area contributed by atoms with Crippen LogP contribution in [0.15, 0.2) is 54.6 Å². The summed E-state index contributed by atoms with van der Waals surface area (Å²) >= 11 is 0. The summed E-state index contributed by atoms with van der Waals surface area (Å²) in [6, 6.07) is 17.3. The lowest BCUT2D eigenvalue weighted by Crippen LogP contribution is -2.33. The Labute approximate surface area is 127 Å². The van der Waals surface area contributed by atoms with Gasteiger partial charge in [-0.25, -0.2) is 0 Å². The highest BCUT2D eigenvalue weighted by Crippen LogP contribution is 2.13. The monoisotopic (exact) mass is 290 g/mol. The van der Waals surface area contributed by atoms with Crippen LogP contribution in [0.3, 0.4) is 0 Å². The van der Waals surface area contributed by atoms with Crippen molar-refractivity contribution in [1.82, 2.24) is 0 Å². The van der Waals surface area contributed by atoms with Crippen molar-refractivity contribution < 1.29 is 9.28 Å². The summed E-state index contributed by atoms with van der Waals surface area (Å²) in [5.41, 5.74) is 2.73. The third kappa shape index (κ3) is 4.48. The molecule has 0 saturated carbocycles. The van der Waals surface area contributed by atoms with E-state index in [-0.39, 0.29) is 18.2 Å². The van der Waals surface area contributed by atoms with Crippen LogP contribution in [0, 0.1) is 0 Å². The maximum Gasteiger partial charge on any atom is 0.193 e. The SMILES string of the molecule is C[N+](C)(C)Cc1ccc(C(=O)c2ccccc2)cc1.Cl. The van der Waals surface area contributed by atoms with Gasteiger partial charge in [0.05, 0.1) is 21.1 Å². The minimum absolute atomic E-state index is 0. The largest absolute Gasteiger partial charge is 0.327 e. The van der Waals surface area contributed by atoms with E-state index in [4.69, 9.17) is 0 Å². The topological polar surface area (TPSA) is 17.1 Å². The molecular formula is C17H21ClNO+. The van der Waals surface area contributed by atoms with E-state index in [1.165, 1.54) is 5.56 Å². The van der Waals surface area contributed by atoms with Crippen LogP contribution in [-0.4, -0.2) is 31.4 Å². The lowest BCUT2D eigenvalue weighted by molar-refractivity contribution is -0.884. The Morgan fingerprint density at radius 3 is 1.85 bits per heavy atom. The van der Waals surface area contributed by atoms with E-state index in [1.54, 1.807) is 0 Å². The van der Waals surface area contributed by atoms with E-state index in [2.05, 4.69) is 21.1 Å². The number of carbonyl (C=O) groups excluding carboxylic acids is 1. The van der Waals surface area contributed by atoms with Gasteiger partial charge in [-0.05, 0) is 0 Å². The summed E-state index contributed by atoms with van der Waals surface area (Å²) in [6.45, 7) is 0.958. The molecule has 2 nitrogen and oxygen atoms in total. The number of hydrogen-bond donors (Lipinski definition) is 0. The summed E-state index contributed by atoms with van der Waals surface area (Å²) in [6.07, 6.45) is 0. The molecule has 2 aromatic rings. The molecule has 0 aliphatic heterocycles. The highest BCUT2D eigenvalue weighted by atomic mass is 35.5. The van der Waals surface area contributed by atoms with Crippen LogP contribution in [0.5, 0.6) is 0 Å². The predicted molar refractivity (Wildman–Crippen MR) is 85.3 cm³/mol. The van der Waals surface area contributed by atoms with Crippen LogP contribution in [0.25, 0.3) is 0 Å². The molecule has 0 amide bonds. The third-order valence-corrected chi connectivity index (χ3v) is 2.91. The van der Waals surface area contributed by atoms with Gasteiger partial charge in [0.2, 0.25) is 0 Å². The van der Waals surface area contributed by atoms with Crippen LogP contribution >= 0.6 is 12.4 Å². The molecule has 3 heteroatoms. The quantitative estimate of drug-likeness (QED) is 0.622. The van der Waals surface area contributed by atoms with Crippen molar-refractivity contribution in [3.63, 3.8) is 0 Å². The highest BCUT2D eigenvalue weighted by molar-refractivity contribution is 6.08. The molecule has 0 heterocycles. The number of ketones is 1. The van der Waals surface area contributed by atoms with Crippen molar-refractivity contribution >= 4 is 18.2 Å². The molecule has 0 aromatic heterocycles. The third-order valence-electron chi connectivity index (χ3n) is 2.91. The molecule has 0 bridgehead atoms. The fraction of sp³-hybridized carbons (Fsp3) is 0.235.